The molecular weight excluding hydrogens is 260 g/mol. The Kier molecular flexibility index (Phi) is 4.92. The summed E-state index contributed by atoms with van der Waals surface area (Å²) in [7, 11) is 1.63. The van der Waals surface area contributed by atoms with Gasteiger partial charge in [-0.3, -0.25) is 4.98 Å². The maximum absolute atomic E-state index is 5.82. The van der Waals surface area contributed by atoms with Gasteiger partial charge in [-0.25, -0.2) is 0 Å². The van der Waals surface area contributed by atoms with Gasteiger partial charge in [0.2, 0.25) is 0 Å². The summed E-state index contributed by atoms with van der Waals surface area (Å²) in [6, 6.07) is 9.51. The zero-order chi connectivity index (χ0) is 13.5. The third-order valence-electron chi connectivity index (χ3n) is 2.48. The van der Waals surface area contributed by atoms with Gasteiger partial charge in [-0.15, -0.1) is 11.8 Å². The van der Waals surface area contributed by atoms with Gasteiger partial charge in [-0.2, -0.15) is 0 Å². The first-order valence-corrected chi connectivity index (χ1v) is 6.88. The summed E-state index contributed by atoms with van der Waals surface area (Å²) in [6.45, 7) is 0.590. The number of pyridine rings is 1. The lowest BCUT2D eigenvalue weighted by molar-refractivity contribution is 0.313. The van der Waals surface area contributed by atoms with E-state index in [4.69, 9.17) is 15.2 Å². The van der Waals surface area contributed by atoms with Crippen molar-refractivity contribution in [3.05, 3.63) is 42.7 Å². The highest BCUT2D eigenvalue weighted by atomic mass is 32.2. The number of rotatable bonds is 6. The first kappa shape index (κ1) is 13.5. The van der Waals surface area contributed by atoms with Crippen LogP contribution in [0.2, 0.25) is 0 Å². The number of nitrogen functional groups attached to an aromatic ring is 1. The molecule has 19 heavy (non-hydrogen) atoms. The summed E-state index contributed by atoms with van der Waals surface area (Å²) in [5.41, 5.74) is 6.51. The summed E-state index contributed by atoms with van der Waals surface area (Å²) in [5.74, 6) is 2.32. The molecule has 1 aromatic heterocycles. The number of methoxy groups -OCH3 is 1. The topological polar surface area (TPSA) is 57.4 Å². The molecule has 5 heteroatoms. The standard InChI is InChI=1S/C14H16N2O2S/c1-17-12-4-2-3-5-13(12)18-8-9-19-14-6-7-16-10-11(14)15/h2-7,10H,8-9,15H2,1H3. The maximum atomic E-state index is 5.82. The van der Waals surface area contributed by atoms with Gasteiger partial charge in [0.25, 0.3) is 0 Å². The van der Waals surface area contributed by atoms with Crippen LogP contribution in [0.3, 0.4) is 0 Å². The molecule has 4 nitrogen and oxygen atoms in total. The second-order valence-electron chi connectivity index (χ2n) is 3.76. The van der Waals surface area contributed by atoms with Crippen LogP contribution in [-0.2, 0) is 0 Å². The molecule has 0 aliphatic carbocycles. The van der Waals surface area contributed by atoms with E-state index in [2.05, 4.69) is 4.98 Å². The van der Waals surface area contributed by atoms with E-state index in [-0.39, 0.29) is 0 Å². The van der Waals surface area contributed by atoms with Gasteiger partial charge in [0.05, 0.1) is 25.6 Å². The third kappa shape index (κ3) is 3.79. The number of thioether (sulfide) groups is 1. The van der Waals surface area contributed by atoms with Crippen LogP contribution in [-0.4, -0.2) is 24.5 Å². The van der Waals surface area contributed by atoms with E-state index in [0.29, 0.717) is 12.3 Å². The lowest BCUT2D eigenvalue weighted by Crippen LogP contribution is -2.02. The predicted octanol–water partition coefficient (Wildman–Crippen LogP) is 2.84. The molecule has 0 aliphatic heterocycles. The maximum Gasteiger partial charge on any atom is 0.161 e. The van der Waals surface area contributed by atoms with Gasteiger partial charge < -0.3 is 15.2 Å². The Balaban J connectivity index is 1.83. The zero-order valence-electron chi connectivity index (χ0n) is 10.7. The van der Waals surface area contributed by atoms with Crippen molar-refractivity contribution < 1.29 is 9.47 Å². The van der Waals surface area contributed by atoms with Crippen LogP contribution in [0.4, 0.5) is 5.69 Å². The fraction of sp³-hybridized carbons (Fsp3) is 0.214. The van der Waals surface area contributed by atoms with Crippen LogP contribution in [0.5, 0.6) is 11.5 Å². The number of para-hydroxylation sites is 2. The second kappa shape index (κ2) is 6.89. The van der Waals surface area contributed by atoms with E-state index in [9.17, 15) is 0 Å². The van der Waals surface area contributed by atoms with Crippen molar-refractivity contribution in [3.8, 4) is 11.5 Å². The fourth-order valence-electron chi connectivity index (χ4n) is 1.57. The molecule has 0 aliphatic rings. The average Bonchev–Trinajstić information content (AvgIpc) is 2.45. The van der Waals surface area contributed by atoms with Crippen molar-refractivity contribution in [2.24, 2.45) is 0 Å². The minimum Gasteiger partial charge on any atom is -0.493 e. The van der Waals surface area contributed by atoms with Crippen molar-refractivity contribution in [1.29, 1.82) is 0 Å². The van der Waals surface area contributed by atoms with Gasteiger partial charge in [0.1, 0.15) is 0 Å². The summed E-state index contributed by atoms with van der Waals surface area (Å²) >= 11 is 1.65. The van der Waals surface area contributed by atoms with Crippen molar-refractivity contribution >= 4 is 17.4 Å². The van der Waals surface area contributed by atoms with Gasteiger partial charge in [0, 0.05) is 16.8 Å². The van der Waals surface area contributed by atoms with Gasteiger partial charge in [0.15, 0.2) is 11.5 Å². The number of hydrogen-bond donors (Lipinski definition) is 1. The molecule has 2 rings (SSSR count). The van der Waals surface area contributed by atoms with Crippen LogP contribution < -0.4 is 15.2 Å². The van der Waals surface area contributed by atoms with E-state index in [1.165, 1.54) is 0 Å². The molecule has 0 atom stereocenters. The quantitative estimate of drug-likeness (QED) is 0.649. The summed E-state index contributed by atoms with van der Waals surface area (Å²) in [4.78, 5) is 4.98. The van der Waals surface area contributed by atoms with Crippen LogP contribution in [0, 0.1) is 0 Å². The molecule has 0 saturated heterocycles. The smallest absolute Gasteiger partial charge is 0.161 e. The number of hydrogen-bond acceptors (Lipinski definition) is 5. The monoisotopic (exact) mass is 276 g/mol. The van der Waals surface area contributed by atoms with E-state index < -0.39 is 0 Å². The van der Waals surface area contributed by atoms with Crippen molar-refractivity contribution in [2.75, 3.05) is 25.2 Å². The highest BCUT2D eigenvalue weighted by Crippen LogP contribution is 2.27. The van der Waals surface area contributed by atoms with Crippen LogP contribution in [0.25, 0.3) is 0 Å². The SMILES string of the molecule is COc1ccccc1OCCSc1ccncc1N. The molecule has 0 radical (unpaired) electrons. The molecule has 0 saturated carbocycles. The zero-order valence-corrected chi connectivity index (χ0v) is 11.5. The molecule has 0 amide bonds. The highest BCUT2D eigenvalue weighted by molar-refractivity contribution is 7.99. The highest BCUT2D eigenvalue weighted by Gasteiger charge is 2.03. The minimum absolute atomic E-state index is 0.590. The van der Waals surface area contributed by atoms with Gasteiger partial charge >= 0.3 is 0 Å². The molecule has 0 spiro atoms. The summed E-state index contributed by atoms with van der Waals surface area (Å²) < 4.78 is 10.9. The number of anilines is 1. The largest absolute Gasteiger partial charge is 0.493 e. The first-order chi connectivity index (χ1) is 9.31. The number of nitrogens with two attached hydrogens (primary N) is 1. The molecule has 0 fully saturated rings. The molecule has 2 N–H and O–H groups in total. The Morgan fingerprint density at radius 3 is 2.74 bits per heavy atom. The molecule has 0 bridgehead atoms. The first-order valence-electron chi connectivity index (χ1n) is 5.89. The van der Waals surface area contributed by atoms with Crippen molar-refractivity contribution in [2.45, 2.75) is 4.90 Å². The molecule has 1 heterocycles. The lowest BCUT2D eigenvalue weighted by atomic mass is 10.3. The minimum atomic E-state index is 0.590. The molecule has 100 valence electrons. The van der Waals surface area contributed by atoms with E-state index >= 15 is 0 Å². The molecule has 0 unspecified atom stereocenters. The Bertz CT molecular complexity index is 534. The van der Waals surface area contributed by atoms with Crippen LogP contribution in [0.15, 0.2) is 47.6 Å². The van der Waals surface area contributed by atoms with Gasteiger partial charge in [-0.1, -0.05) is 12.1 Å². The van der Waals surface area contributed by atoms with Crippen molar-refractivity contribution in [3.63, 3.8) is 0 Å². The molecule has 2 aromatic rings. The number of nitrogens with zero attached hydrogens (tertiary/aromatic N) is 1. The number of ether oxygens (including phenoxy) is 2. The molecule has 1 aromatic carbocycles. The van der Waals surface area contributed by atoms with Crippen LogP contribution >= 0.6 is 11.8 Å². The molecular formula is C14H16N2O2S. The average molecular weight is 276 g/mol. The Labute approximate surface area is 116 Å². The van der Waals surface area contributed by atoms with Crippen molar-refractivity contribution in [1.82, 2.24) is 4.98 Å². The Morgan fingerprint density at radius 2 is 2.00 bits per heavy atom. The lowest BCUT2D eigenvalue weighted by Gasteiger charge is -2.10. The van der Waals surface area contributed by atoms with Crippen LogP contribution in [0.1, 0.15) is 0 Å². The predicted molar refractivity (Wildman–Crippen MR) is 77.9 cm³/mol. The van der Waals surface area contributed by atoms with E-state index in [1.807, 2.05) is 30.3 Å². The Morgan fingerprint density at radius 1 is 1.21 bits per heavy atom. The summed E-state index contributed by atoms with van der Waals surface area (Å²) in [5, 5.41) is 0. The van der Waals surface area contributed by atoms with E-state index in [1.54, 1.807) is 31.3 Å². The van der Waals surface area contributed by atoms with Gasteiger partial charge in [-0.05, 0) is 18.2 Å². The number of aromatic nitrogens is 1. The normalized spacial score (nSPS) is 10.2. The van der Waals surface area contributed by atoms with E-state index in [0.717, 1.165) is 22.1 Å². The Hall–Kier alpha value is -1.88. The fourth-order valence-corrected chi connectivity index (χ4v) is 2.33. The second-order valence-corrected chi connectivity index (χ2v) is 4.90. The third-order valence-corrected chi connectivity index (χ3v) is 3.53. The summed E-state index contributed by atoms with van der Waals surface area (Å²) in [6.07, 6.45) is 3.39. The number of benzene rings is 1.